The third-order valence-corrected chi connectivity index (χ3v) is 2.56. The van der Waals surface area contributed by atoms with Crippen molar-refractivity contribution in [3.8, 4) is 0 Å². The molecule has 1 aromatic rings. The van der Waals surface area contributed by atoms with Gasteiger partial charge in [0.2, 0.25) is 5.91 Å². The van der Waals surface area contributed by atoms with Gasteiger partial charge in [0.05, 0.1) is 0 Å². The molecule has 0 radical (unpaired) electrons. The van der Waals surface area contributed by atoms with Gasteiger partial charge in [-0.15, -0.1) is 0 Å². The lowest BCUT2D eigenvalue weighted by atomic mass is 10.1. The van der Waals surface area contributed by atoms with Crippen LogP contribution in [0.1, 0.15) is 32.3 Å². The minimum absolute atomic E-state index is 0.0161. The van der Waals surface area contributed by atoms with E-state index in [0.29, 0.717) is 24.7 Å². The number of anilines is 1. The van der Waals surface area contributed by atoms with Crippen LogP contribution in [-0.2, 0) is 11.3 Å². The van der Waals surface area contributed by atoms with Crippen LogP contribution in [0.2, 0.25) is 0 Å². The molecule has 1 atom stereocenters. The second-order valence-electron chi connectivity index (χ2n) is 4.02. The molecular weight excluding hydrogens is 202 g/mol. The van der Waals surface area contributed by atoms with Crippen LogP contribution in [0.25, 0.3) is 0 Å². The maximum absolute atomic E-state index is 11.6. The average molecular weight is 221 g/mol. The minimum atomic E-state index is 0.0161. The fourth-order valence-corrected chi connectivity index (χ4v) is 1.27. The molecular formula is C12H19N3O. The first kappa shape index (κ1) is 12.6. The Kier molecular flexibility index (Phi) is 4.92. The summed E-state index contributed by atoms with van der Waals surface area (Å²) in [5.74, 6) is 1.01. The van der Waals surface area contributed by atoms with Crippen molar-refractivity contribution in [3.05, 3.63) is 23.9 Å². The van der Waals surface area contributed by atoms with Crippen LogP contribution in [0.15, 0.2) is 18.3 Å². The van der Waals surface area contributed by atoms with E-state index in [1.165, 1.54) is 0 Å². The van der Waals surface area contributed by atoms with E-state index < -0.39 is 0 Å². The molecule has 0 saturated heterocycles. The van der Waals surface area contributed by atoms with Gasteiger partial charge in [0, 0.05) is 19.2 Å². The highest BCUT2D eigenvalue weighted by atomic mass is 16.1. The summed E-state index contributed by atoms with van der Waals surface area (Å²) < 4.78 is 0. The number of amides is 1. The van der Waals surface area contributed by atoms with E-state index in [1.54, 1.807) is 12.3 Å². The molecule has 0 aliphatic heterocycles. The van der Waals surface area contributed by atoms with Gasteiger partial charge in [-0.05, 0) is 17.5 Å². The molecule has 1 unspecified atom stereocenters. The molecule has 1 aromatic heterocycles. The Morgan fingerprint density at radius 1 is 1.56 bits per heavy atom. The zero-order chi connectivity index (χ0) is 12.0. The summed E-state index contributed by atoms with van der Waals surface area (Å²) in [5.41, 5.74) is 6.42. The smallest absolute Gasteiger partial charge is 0.225 e. The molecule has 88 valence electrons. The van der Waals surface area contributed by atoms with E-state index in [9.17, 15) is 4.79 Å². The van der Waals surface area contributed by atoms with Crippen LogP contribution in [-0.4, -0.2) is 10.9 Å². The average Bonchev–Trinajstić information content (AvgIpc) is 2.29. The maximum Gasteiger partial charge on any atom is 0.225 e. The number of carbonyl (C=O) groups is 1. The molecule has 1 amide bonds. The summed E-state index contributed by atoms with van der Waals surface area (Å²) in [4.78, 5) is 15.7. The lowest BCUT2D eigenvalue weighted by Crippen LogP contribution is -2.15. The van der Waals surface area contributed by atoms with Crippen molar-refractivity contribution >= 4 is 11.7 Å². The number of hydrogen-bond acceptors (Lipinski definition) is 3. The first-order valence-electron chi connectivity index (χ1n) is 5.60. The SMILES string of the molecule is CCC(C)CC(=O)Nc1ccc(CN)cn1. The molecule has 16 heavy (non-hydrogen) atoms. The predicted molar refractivity (Wildman–Crippen MR) is 64.8 cm³/mol. The normalized spacial score (nSPS) is 12.2. The molecule has 1 rings (SSSR count). The number of nitrogens with one attached hydrogen (secondary N) is 1. The van der Waals surface area contributed by atoms with E-state index in [2.05, 4.69) is 24.1 Å². The van der Waals surface area contributed by atoms with Crippen LogP contribution in [0.4, 0.5) is 5.82 Å². The number of hydrogen-bond donors (Lipinski definition) is 2. The first-order chi connectivity index (χ1) is 7.65. The van der Waals surface area contributed by atoms with Gasteiger partial charge in [-0.3, -0.25) is 4.79 Å². The molecule has 0 aliphatic carbocycles. The first-order valence-corrected chi connectivity index (χ1v) is 5.60. The summed E-state index contributed by atoms with van der Waals surface area (Å²) in [6, 6.07) is 3.64. The molecule has 0 fully saturated rings. The number of carbonyl (C=O) groups excluding carboxylic acids is 1. The molecule has 0 bridgehead atoms. The third kappa shape index (κ3) is 3.98. The van der Waals surface area contributed by atoms with Crippen molar-refractivity contribution < 1.29 is 4.79 Å². The van der Waals surface area contributed by atoms with Crippen LogP contribution in [0.3, 0.4) is 0 Å². The van der Waals surface area contributed by atoms with Gasteiger partial charge in [-0.1, -0.05) is 26.3 Å². The van der Waals surface area contributed by atoms with Gasteiger partial charge < -0.3 is 11.1 Å². The van der Waals surface area contributed by atoms with E-state index in [4.69, 9.17) is 5.73 Å². The summed E-state index contributed by atoms with van der Waals surface area (Å²) >= 11 is 0. The van der Waals surface area contributed by atoms with E-state index in [-0.39, 0.29) is 5.91 Å². The van der Waals surface area contributed by atoms with Crippen molar-refractivity contribution in [2.24, 2.45) is 11.7 Å². The van der Waals surface area contributed by atoms with Crippen LogP contribution in [0, 0.1) is 5.92 Å². The van der Waals surface area contributed by atoms with Crippen molar-refractivity contribution in [1.82, 2.24) is 4.98 Å². The van der Waals surface area contributed by atoms with Gasteiger partial charge in [0.15, 0.2) is 0 Å². The van der Waals surface area contributed by atoms with Crippen molar-refractivity contribution in [2.75, 3.05) is 5.32 Å². The van der Waals surface area contributed by atoms with Gasteiger partial charge in [-0.25, -0.2) is 4.98 Å². The zero-order valence-electron chi connectivity index (χ0n) is 9.86. The summed E-state index contributed by atoms with van der Waals surface area (Å²) in [6.45, 7) is 4.60. The molecule has 3 N–H and O–H groups in total. The largest absolute Gasteiger partial charge is 0.326 e. The van der Waals surface area contributed by atoms with Gasteiger partial charge in [0.25, 0.3) is 0 Å². The highest BCUT2D eigenvalue weighted by Gasteiger charge is 2.07. The Hall–Kier alpha value is -1.42. The topological polar surface area (TPSA) is 68.0 Å². The Morgan fingerprint density at radius 2 is 2.31 bits per heavy atom. The number of nitrogens with zero attached hydrogens (tertiary/aromatic N) is 1. The fraction of sp³-hybridized carbons (Fsp3) is 0.500. The number of aromatic nitrogens is 1. The Labute approximate surface area is 96.3 Å². The standard InChI is InChI=1S/C12H19N3O/c1-3-9(2)6-12(16)15-11-5-4-10(7-13)8-14-11/h4-5,8-9H,3,6-7,13H2,1-2H3,(H,14,15,16). The van der Waals surface area contributed by atoms with Gasteiger partial charge >= 0.3 is 0 Å². The minimum Gasteiger partial charge on any atom is -0.326 e. The summed E-state index contributed by atoms with van der Waals surface area (Å²) in [5, 5.41) is 2.77. The van der Waals surface area contributed by atoms with Crippen LogP contribution in [0.5, 0.6) is 0 Å². The second kappa shape index (κ2) is 6.23. The monoisotopic (exact) mass is 221 g/mol. The maximum atomic E-state index is 11.6. The van der Waals surface area contributed by atoms with E-state index in [1.807, 2.05) is 6.07 Å². The van der Waals surface area contributed by atoms with E-state index >= 15 is 0 Å². The molecule has 0 saturated carbocycles. The van der Waals surface area contributed by atoms with Gasteiger partial charge in [0.1, 0.15) is 5.82 Å². The molecule has 4 heteroatoms. The summed E-state index contributed by atoms with van der Waals surface area (Å²) in [6.07, 6.45) is 3.22. The lowest BCUT2D eigenvalue weighted by Gasteiger charge is -2.08. The van der Waals surface area contributed by atoms with Crippen LogP contribution < -0.4 is 11.1 Å². The fourth-order valence-electron chi connectivity index (χ4n) is 1.27. The second-order valence-corrected chi connectivity index (χ2v) is 4.02. The van der Waals surface area contributed by atoms with Crippen molar-refractivity contribution in [1.29, 1.82) is 0 Å². The number of nitrogens with two attached hydrogens (primary N) is 1. The number of pyridine rings is 1. The lowest BCUT2D eigenvalue weighted by molar-refractivity contribution is -0.117. The molecule has 0 aliphatic rings. The van der Waals surface area contributed by atoms with Crippen LogP contribution >= 0.6 is 0 Å². The molecule has 0 spiro atoms. The predicted octanol–water partition coefficient (Wildman–Crippen LogP) is 1.91. The summed E-state index contributed by atoms with van der Waals surface area (Å²) in [7, 11) is 0. The Morgan fingerprint density at radius 3 is 2.81 bits per heavy atom. The van der Waals surface area contributed by atoms with E-state index in [0.717, 1.165) is 12.0 Å². The molecule has 0 aromatic carbocycles. The quantitative estimate of drug-likeness (QED) is 0.798. The van der Waals surface area contributed by atoms with Gasteiger partial charge in [-0.2, -0.15) is 0 Å². The number of rotatable bonds is 5. The highest BCUT2D eigenvalue weighted by Crippen LogP contribution is 2.09. The molecule has 4 nitrogen and oxygen atoms in total. The molecule has 1 heterocycles. The Balaban J connectivity index is 2.49. The highest BCUT2D eigenvalue weighted by molar-refractivity contribution is 5.89. The Bertz CT molecular complexity index is 335. The van der Waals surface area contributed by atoms with Crippen molar-refractivity contribution in [3.63, 3.8) is 0 Å². The zero-order valence-corrected chi connectivity index (χ0v) is 9.86. The third-order valence-electron chi connectivity index (χ3n) is 2.56. The van der Waals surface area contributed by atoms with Crippen molar-refractivity contribution in [2.45, 2.75) is 33.2 Å².